The van der Waals surface area contributed by atoms with Gasteiger partial charge in [-0.15, -0.1) is 0 Å². The van der Waals surface area contributed by atoms with Gasteiger partial charge in [0, 0.05) is 25.9 Å². The van der Waals surface area contributed by atoms with E-state index in [9.17, 15) is 4.79 Å². The smallest absolute Gasteiger partial charge is 0.226 e. The van der Waals surface area contributed by atoms with Crippen LogP contribution in [0.1, 0.15) is 24.0 Å². The van der Waals surface area contributed by atoms with Crippen molar-refractivity contribution in [1.29, 1.82) is 0 Å². The molecule has 1 aliphatic heterocycles. The van der Waals surface area contributed by atoms with Gasteiger partial charge in [0.15, 0.2) is 0 Å². The number of ether oxygens (including phenoxy) is 2. The summed E-state index contributed by atoms with van der Waals surface area (Å²) in [4.78, 5) is 14.4. The lowest BCUT2D eigenvalue weighted by molar-refractivity contribution is -0.132. The van der Waals surface area contributed by atoms with Gasteiger partial charge in [0.05, 0.1) is 13.5 Å². The van der Waals surface area contributed by atoms with E-state index in [1.165, 1.54) is 5.56 Å². The van der Waals surface area contributed by atoms with E-state index in [-0.39, 0.29) is 12.0 Å². The second-order valence-electron chi connectivity index (χ2n) is 6.54. The molecule has 0 spiro atoms. The first-order valence-corrected chi connectivity index (χ1v) is 8.78. The maximum Gasteiger partial charge on any atom is 0.226 e. The van der Waals surface area contributed by atoms with Crippen LogP contribution in [0.25, 0.3) is 0 Å². The summed E-state index contributed by atoms with van der Waals surface area (Å²) in [5.74, 6) is 1.90. The summed E-state index contributed by atoms with van der Waals surface area (Å²) in [6.45, 7) is 3.58. The van der Waals surface area contributed by atoms with Crippen LogP contribution in [0.4, 0.5) is 0 Å². The summed E-state index contributed by atoms with van der Waals surface area (Å²) in [5, 5.41) is 0. The summed E-state index contributed by atoms with van der Waals surface area (Å²) >= 11 is 0. The molecule has 0 aliphatic carbocycles. The van der Waals surface area contributed by atoms with Crippen molar-refractivity contribution in [1.82, 2.24) is 4.90 Å². The predicted molar refractivity (Wildman–Crippen MR) is 98.1 cm³/mol. The second-order valence-corrected chi connectivity index (χ2v) is 6.54. The number of piperidine rings is 1. The van der Waals surface area contributed by atoms with Crippen LogP contribution in [0.2, 0.25) is 0 Å². The van der Waals surface area contributed by atoms with E-state index in [1.54, 1.807) is 7.11 Å². The average molecular weight is 339 g/mol. The Morgan fingerprint density at radius 2 is 1.60 bits per heavy atom. The fraction of sp³-hybridized carbons (Fsp3) is 0.381. The van der Waals surface area contributed by atoms with Crippen LogP contribution in [0.5, 0.6) is 11.5 Å². The number of carbonyl (C=O) groups excluding carboxylic acids is 1. The van der Waals surface area contributed by atoms with Gasteiger partial charge in [-0.05, 0) is 36.8 Å². The van der Waals surface area contributed by atoms with Gasteiger partial charge < -0.3 is 14.4 Å². The van der Waals surface area contributed by atoms with Crippen molar-refractivity contribution in [3.8, 4) is 11.5 Å². The third-order valence-corrected chi connectivity index (χ3v) is 4.63. The monoisotopic (exact) mass is 339 g/mol. The molecule has 0 saturated carbocycles. The Kier molecular flexibility index (Phi) is 5.59. The second kappa shape index (κ2) is 8.06. The zero-order valence-corrected chi connectivity index (χ0v) is 14.9. The number of benzene rings is 2. The Morgan fingerprint density at radius 1 is 1.00 bits per heavy atom. The standard InChI is InChI=1S/C21H25NO3/c1-16-3-7-19(8-4-16)25-20-11-13-22(14-12-20)21(23)15-17-5-9-18(24-2)10-6-17/h3-10,20H,11-15H2,1-2H3. The lowest BCUT2D eigenvalue weighted by Crippen LogP contribution is -2.42. The minimum Gasteiger partial charge on any atom is -0.497 e. The van der Waals surface area contributed by atoms with E-state index < -0.39 is 0 Å². The Hall–Kier alpha value is -2.49. The van der Waals surface area contributed by atoms with Gasteiger partial charge in [0.2, 0.25) is 5.91 Å². The number of nitrogens with zero attached hydrogens (tertiary/aromatic N) is 1. The van der Waals surface area contributed by atoms with E-state index in [1.807, 2.05) is 41.3 Å². The number of rotatable bonds is 5. The van der Waals surface area contributed by atoms with Crippen molar-refractivity contribution in [2.45, 2.75) is 32.3 Å². The molecule has 1 amide bonds. The number of hydrogen-bond donors (Lipinski definition) is 0. The first-order chi connectivity index (χ1) is 12.1. The first-order valence-electron chi connectivity index (χ1n) is 8.78. The Morgan fingerprint density at radius 3 is 2.20 bits per heavy atom. The maximum absolute atomic E-state index is 12.5. The molecule has 1 fully saturated rings. The molecule has 1 aliphatic rings. The number of carbonyl (C=O) groups is 1. The molecule has 0 N–H and O–H groups in total. The van der Waals surface area contributed by atoms with Crippen molar-refractivity contribution in [3.63, 3.8) is 0 Å². The van der Waals surface area contributed by atoms with Gasteiger partial charge in [-0.2, -0.15) is 0 Å². The third kappa shape index (κ3) is 4.75. The van der Waals surface area contributed by atoms with Gasteiger partial charge in [-0.1, -0.05) is 29.8 Å². The molecule has 4 heteroatoms. The molecule has 1 heterocycles. The molecule has 0 radical (unpaired) electrons. The van der Waals surface area contributed by atoms with Crippen molar-refractivity contribution in [2.75, 3.05) is 20.2 Å². The van der Waals surface area contributed by atoms with E-state index in [2.05, 4.69) is 19.1 Å². The number of aryl methyl sites for hydroxylation is 1. The molecule has 4 nitrogen and oxygen atoms in total. The lowest BCUT2D eigenvalue weighted by atomic mass is 10.1. The molecule has 0 bridgehead atoms. The molecular formula is C21H25NO3. The van der Waals surface area contributed by atoms with E-state index in [0.29, 0.717) is 6.42 Å². The van der Waals surface area contributed by atoms with Crippen LogP contribution in [0.15, 0.2) is 48.5 Å². The molecule has 0 atom stereocenters. The van der Waals surface area contributed by atoms with Gasteiger partial charge >= 0.3 is 0 Å². The molecule has 2 aromatic carbocycles. The van der Waals surface area contributed by atoms with Crippen LogP contribution in [0.3, 0.4) is 0 Å². The molecule has 0 unspecified atom stereocenters. The van der Waals surface area contributed by atoms with Crippen molar-refractivity contribution >= 4 is 5.91 Å². The highest BCUT2D eigenvalue weighted by Gasteiger charge is 2.23. The normalized spacial score (nSPS) is 15.0. The van der Waals surface area contributed by atoms with Crippen LogP contribution in [0, 0.1) is 6.92 Å². The Labute approximate surface area is 149 Å². The van der Waals surface area contributed by atoms with Crippen LogP contribution in [-0.2, 0) is 11.2 Å². The topological polar surface area (TPSA) is 38.8 Å². The van der Waals surface area contributed by atoms with Crippen molar-refractivity contribution in [3.05, 3.63) is 59.7 Å². The fourth-order valence-corrected chi connectivity index (χ4v) is 3.06. The van der Waals surface area contributed by atoms with Crippen LogP contribution in [-0.4, -0.2) is 37.1 Å². The highest BCUT2D eigenvalue weighted by Crippen LogP contribution is 2.20. The van der Waals surface area contributed by atoms with Crippen LogP contribution >= 0.6 is 0 Å². The Bertz CT molecular complexity index is 686. The first kappa shape index (κ1) is 17.3. The lowest BCUT2D eigenvalue weighted by Gasteiger charge is -2.32. The molecule has 25 heavy (non-hydrogen) atoms. The van der Waals surface area contributed by atoms with Gasteiger partial charge in [-0.25, -0.2) is 0 Å². The fourth-order valence-electron chi connectivity index (χ4n) is 3.06. The molecule has 132 valence electrons. The SMILES string of the molecule is COc1ccc(CC(=O)N2CCC(Oc3ccc(C)cc3)CC2)cc1. The largest absolute Gasteiger partial charge is 0.497 e. The number of methoxy groups -OCH3 is 1. The van der Waals surface area contributed by atoms with E-state index in [0.717, 1.165) is 43.0 Å². The summed E-state index contributed by atoms with van der Waals surface area (Å²) in [5.41, 5.74) is 2.25. The molecule has 2 aromatic rings. The average Bonchev–Trinajstić information content (AvgIpc) is 2.65. The van der Waals surface area contributed by atoms with Gasteiger partial charge in [0.1, 0.15) is 17.6 Å². The number of likely N-dealkylation sites (tertiary alicyclic amines) is 1. The van der Waals surface area contributed by atoms with E-state index in [4.69, 9.17) is 9.47 Å². The summed E-state index contributed by atoms with van der Waals surface area (Å²) in [6.07, 6.45) is 2.38. The Balaban J connectivity index is 1.47. The van der Waals surface area contributed by atoms with Crippen LogP contribution < -0.4 is 9.47 Å². The van der Waals surface area contributed by atoms with Crippen molar-refractivity contribution < 1.29 is 14.3 Å². The zero-order valence-electron chi connectivity index (χ0n) is 14.9. The molecule has 1 saturated heterocycles. The molecule has 0 aromatic heterocycles. The number of hydrogen-bond acceptors (Lipinski definition) is 3. The third-order valence-electron chi connectivity index (χ3n) is 4.63. The highest BCUT2D eigenvalue weighted by molar-refractivity contribution is 5.78. The molecular weight excluding hydrogens is 314 g/mol. The highest BCUT2D eigenvalue weighted by atomic mass is 16.5. The maximum atomic E-state index is 12.5. The van der Waals surface area contributed by atoms with Crippen molar-refractivity contribution in [2.24, 2.45) is 0 Å². The van der Waals surface area contributed by atoms with Gasteiger partial charge in [-0.3, -0.25) is 4.79 Å². The van der Waals surface area contributed by atoms with Gasteiger partial charge in [0.25, 0.3) is 0 Å². The summed E-state index contributed by atoms with van der Waals surface area (Å²) < 4.78 is 11.2. The minimum absolute atomic E-state index is 0.180. The summed E-state index contributed by atoms with van der Waals surface area (Å²) in [6, 6.07) is 15.8. The van der Waals surface area contributed by atoms with E-state index >= 15 is 0 Å². The summed E-state index contributed by atoms with van der Waals surface area (Å²) in [7, 11) is 1.64. The predicted octanol–water partition coefficient (Wildman–Crippen LogP) is 3.62. The minimum atomic E-state index is 0.180. The quantitative estimate of drug-likeness (QED) is 0.835. The number of amides is 1. The zero-order chi connectivity index (χ0) is 17.6. The molecule has 3 rings (SSSR count).